The van der Waals surface area contributed by atoms with Gasteiger partial charge in [0, 0.05) is 16.7 Å². The second-order valence-corrected chi connectivity index (χ2v) is 12.8. The maximum absolute atomic E-state index is 13.9. The van der Waals surface area contributed by atoms with E-state index in [9.17, 15) is 18.0 Å². The molecule has 0 unspecified atom stereocenters. The van der Waals surface area contributed by atoms with Crippen LogP contribution in [0.2, 0.25) is 10.0 Å². The molecule has 3 rings (SSSR count). The molecule has 0 spiro atoms. The number of amides is 2. The van der Waals surface area contributed by atoms with E-state index in [0.717, 1.165) is 20.7 Å². The number of benzene rings is 3. The molecular weight excluding hydrogens is 672 g/mol. The van der Waals surface area contributed by atoms with E-state index < -0.39 is 28.5 Å². The molecule has 0 fully saturated rings. The first-order valence-electron chi connectivity index (χ1n) is 12.4. The first-order chi connectivity index (χ1) is 18.5. The summed E-state index contributed by atoms with van der Waals surface area (Å²) in [6, 6.07) is 18.9. The molecule has 2 amide bonds. The summed E-state index contributed by atoms with van der Waals surface area (Å²) in [4.78, 5) is 28.3. The van der Waals surface area contributed by atoms with Gasteiger partial charge in [-0.15, -0.1) is 0 Å². The Kier molecular flexibility index (Phi) is 11.5. The Morgan fingerprint density at radius 2 is 1.64 bits per heavy atom. The Hall–Kier alpha value is -2.34. The predicted molar refractivity (Wildman–Crippen MR) is 165 cm³/mol. The number of carbonyl (C=O) groups excluding carboxylic acids is 2. The molecule has 3 aromatic rings. The number of nitrogens with zero attached hydrogens (tertiary/aromatic N) is 2. The van der Waals surface area contributed by atoms with Crippen LogP contribution in [0.15, 0.2) is 77.7 Å². The highest BCUT2D eigenvalue weighted by Gasteiger charge is 2.32. The van der Waals surface area contributed by atoms with Crippen LogP contribution < -0.4 is 9.62 Å². The van der Waals surface area contributed by atoms with E-state index in [0.29, 0.717) is 27.8 Å². The van der Waals surface area contributed by atoms with Gasteiger partial charge in [-0.05, 0) is 90.0 Å². The van der Waals surface area contributed by atoms with Crippen LogP contribution in [0.5, 0.6) is 0 Å². The minimum atomic E-state index is -4.10. The Labute approximate surface area is 253 Å². The van der Waals surface area contributed by atoms with Crippen LogP contribution in [-0.2, 0) is 26.2 Å². The van der Waals surface area contributed by atoms with Gasteiger partial charge in [0.15, 0.2) is 0 Å². The molecule has 0 aromatic heterocycles. The molecule has 0 radical (unpaired) electrons. The fourth-order valence-electron chi connectivity index (χ4n) is 3.81. The Balaban J connectivity index is 1.99. The van der Waals surface area contributed by atoms with Crippen molar-refractivity contribution in [2.45, 2.75) is 44.2 Å². The molecule has 208 valence electrons. The number of carbonyl (C=O) groups is 2. The minimum Gasteiger partial charge on any atom is -0.354 e. The van der Waals surface area contributed by atoms with Crippen molar-refractivity contribution in [3.8, 4) is 0 Å². The van der Waals surface area contributed by atoms with Gasteiger partial charge in [0.1, 0.15) is 12.6 Å². The number of sulfonamides is 1. The molecule has 0 saturated carbocycles. The van der Waals surface area contributed by atoms with E-state index in [4.69, 9.17) is 23.2 Å². The number of hydrogen-bond donors (Lipinski definition) is 1. The zero-order valence-corrected chi connectivity index (χ0v) is 26.1. The van der Waals surface area contributed by atoms with E-state index in [-0.39, 0.29) is 17.3 Å². The lowest BCUT2D eigenvalue weighted by atomic mass is 10.1. The maximum Gasteiger partial charge on any atom is 0.264 e. The molecular formula is C28H30Cl2IN3O4S. The number of anilines is 1. The second kappa shape index (κ2) is 14.3. The summed E-state index contributed by atoms with van der Waals surface area (Å²) in [6.07, 6.45) is 1.71. The van der Waals surface area contributed by atoms with Crippen LogP contribution in [0.3, 0.4) is 0 Å². The minimum absolute atomic E-state index is 0.0317. The van der Waals surface area contributed by atoms with Crippen molar-refractivity contribution >= 4 is 73.3 Å². The summed E-state index contributed by atoms with van der Waals surface area (Å²) in [5.41, 5.74) is 0.986. The molecule has 39 heavy (non-hydrogen) atoms. The topological polar surface area (TPSA) is 86.8 Å². The quantitative estimate of drug-likeness (QED) is 0.182. The Bertz CT molecular complexity index is 1390. The summed E-state index contributed by atoms with van der Waals surface area (Å²) >= 11 is 14.4. The summed E-state index contributed by atoms with van der Waals surface area (Å²) in [6.45, 7) is 3.64. The van der Waals surface area contributed by atoms with Gasteiger partial charge in [-0.2, -0.15) is 0 Å². The van der Waals surface area contributed by atoms with Gasteiger partial charge in [-0.25, -0.2) is 8.42 Å². The van der Waals surface area contributed by atoms with Crippen LogP contribution in [0, 0.1) is 3.57 Å². The fraction of sp³-hybridized carbons (Fsp3) is 0.286. The van der Waals surface area contributed by atoms with Crippen molar-refractivity contribution in [3.05, 3.63) is 92.0 Å². The maximum atomic E-state index is 13.9. The van der Waals surface area contributed by atoms with Crippen molar-refractivity contribution in [1.82, 2.24) is 10.2 Å². The third-order valence-electron chi connectivity index (χ3n) is 6.06. The SMILES string of the molecule is CCCCNC(=O)[C@H](C)N(Cc1ccc(Cl)c(Cl)c1)C(=O)CN(c1ccc(I)cc1)S(=O)(=O)c1ccccc1. The monoisotopic (exact) mass is 701 g/mol. The van der Waals surface area contributed by atoms with Crippen LogP contribution in [0.25, 0.3) is 0 Å². The van der Waals surface area contributed by atoms with Crippen LogP contribution >= 0.6 is 45.8 Å². The first-order valence-corrected chi connectivity index (χ1v) is 15.7. The van der Waals surface area contributed by atoms with E-state index in [1.54, 1.807) is 67.6 Å². The van der Waals surface area contributed by atoms with Gasteiger partial charge in [-0.1, -0.05) is 60.8 Å². The van der Waals surface area contributed by atoms with Crippen molar-refractivity contribution in [3.63, 3.8) is 0 Å². The molecule has 1 N–H and O–H groups in total. The second-order valence-electron chi connectivity index (χ2n) is 8.89. The molecule has 7 nitrogen and oxygen atoms in total. The lowest BCUT2D eigenvalue weighted by molar-refractivity contribution is -0.139. The number of halogens is 3. The van der Waals surface area contributed by atoms with Crippen molar-refractivity contribution in [1.29, 1.82) is 0 Å². The van der Waals surface area contributed by atoms with Gasteiger partial charge in [0.05, 0.1) is 20.6 Å². The van der Waals surface area contributed by atoms with Gasteiger partial charge in [-0.3, -0.25) is 13.9 Å². The fourth-order valence-corrected chi connectivity index (χ4v) is 5.92. The van der Waals surface area contributed by atoms with Gasteiger partial charge < -0.3 is 10.2 Å². The van der Waals surface area contributed by atoms with Gasteiger partial charge in [0.2, 0.25) is 11.8 Å². The smallest absolute Gasteiger partial charge is 0.264 e. The largest absolute Gasteiger partial charge is 0.354 e. The van der Waals surface area contributed by atoms with Crippen LogP contribution in [-0.4, -0.2) is 44.3 Å². The standard InChI is InChI=1S/C28H30Cl2IN3O4S/c1-3-4-16-32-28(36)20(2)33(18-21-10-15-25(29)26(30)17-21)27(35)19-34(23-13-11-22(31)12-14-23)39(37,38)24-8-6-5-7-9-24/h5-15,17,20H,3-4,16,18-19H2,1-2H3,(H,32,36)/t20-/m0/s1. The van der Waals surface area contributed by atoms with Crippen LogP contribution in [0.1, 0.15) is 32.3 Å². The number of rotatable bonds is 12. The van der Waals surface area contributed by atoms with E-state index >= 15 is 0 Å². The molecule has 1 atom stereocenters. The zero-order valence-electron chi connectivity index (χ0n) is 21.6. The summed E-state index contributed by atoms with van der Waals surface area (Å²) < 4.78 is 29.5. The normalized spacial score (nSPS) is 12.0. The molecule has 0 saturated heterocycles. The average Bonchev–Trinajstić information content (AvgIpc) is 2.93. The highest BCUT2D eigenvalue weighted by molar-refractivity contribution is 14.1. The highest BCUT2D eigenvalue weighted by atomic mass is 127. The van der Waals surface area contributed by atoms with Gasteiger partial charge in [0.25, 0.3) is 10.0 Å². The van der Waals surface area contributed by atoms with E-state index in [1.165, 1.54) is 17.0 Å². The molecule has 0 aliphatic rings. The molecule has 11 heteroatoms. The number of unbranched alkanes of at least 4 members (excludes halogenated alkanes) is 1. The van der Waals surface area contributed by atoms with E-state index in [2.05, 4.69) is 27.9 Å². The number of nitrogens with one attached hydrogen (secondary N) is 1. The lowest BCUT2D eigenvalue weighted by Crippen LogP contribution is -2.51. The third-order valence-corrected chi connectivity index (χ3v) is 9.30. The Morgan fingerprint density at radius 1 is 0.974 bits per heavy atom. The van der Waals surface area contributed by atoms with Crippen LogP contribution in [0.4, 0.5) is 5.69 Å². The van der Waals surface area contributed by atoms with Gasteiger partial charge >= 0.3 is 0 Å². The van der Waals surface area contributed by atoms with Crippen molar-refractivity contribution in [2.75, 3.05) is 17.4 Å². The van der Waals surface area contributed by atoms with E-state index in [1.807, 2.05) is 6.92 Å². The summed E-state index contributed by atoms with van der Waals surface area (Å²) in [7, 11) is -4.10. The lowest BCUT2D eigenvalue weighted by Gasteiger charge is -2.32. The predicted octanol–water partition coefficient (Wildman–Crippen LogP) is 6.13. The molecule has 0 bridgehead atoms. The Morgan fingerprint density at radius 3 is 2.26 bits per heavy atom. The number of hydrogen-bond acceptors (Lipinski definition) is 4. The summed E-state index contributed by atoms with van der Waals surface area (Å²) in [5, 5.41) is 3.54. The highest BCUT2D eigenvalue weighted by Crippen LogP contribution is 2.26. The molecule has 0 heterocycles. The third kappa shape index (κ3) is 8.33. The van der Waals surface area contributed by atoms with Crippen molar-refractivity contribution in [2.24, 2.45) is 0 Å². The molecule has 0 aliphatic carbocycles. The average molecular weight is 702 g/mol. The van der Waals surface area contributed by atoms with Crippen molar-refractivity contribution < 1.29 is 18.0 Å². The molecule has 3 aromatic carbocycles. The summed E-state index contributed by atoms with van der Waals surface area (Å²) in [5.74, 6) is -0.874. The zero-order chi connectivity index (χ0) is 28.6. The molecule has 0 aliphatic heterocycles. The first kappa shape index (κ1) is 31.2.